The van der Waals surface area contributed by atoms with Crippen LogP contribution in [0.15, 0.2) is 0 Å². The third-order valence-electron chi connectivity index (χ3n) is 4.42. The molecule has 2 fully saturated rings. The van der Waals surface area contributed by atoms with Crippen molar-refractivity contribution in [3.63, 3.8) is 0 Å². The van der Waals surface area contributed by atoms with Crippen LogP contribution in [0.1, 0.15) is 44.9 Å². The Labute approximate surface area is 123 Å². The lowest BCUT2D eigenvalue weighted by Gasteiger charge is -2.36. The number of alkyl halides is 2. The molecule has 0 aromatic heterocycles. The summed E-state index contributed by atoms with van der Waals surface area (Å²) in [5, 5.41) is 9.13. The van der Waals surface area contributed by atoms with Gasteiger partial charge in [-0.15, -0.1) is 0 Å². The van der Waals surface area contributed by atoms with E-state index in [9.17, 15) is 22.0 Å². The van der Waals surface area contributed by atoms with Gasteiger partial charge in [-0.1, -0.05) is 6.42 Å². The van der Waals surface area contributed by atoms with Gasteiger partial charge in [0.25, 0.3) is 5.92 Å². The maximum atomic E-state index is 13.8. The first-order valence-electron chi connectivity index (χ1n) is 7.34. The number of carboxylic acids is 1. The van der Waals surface area contributed by atoms with E-state index in [1.165, 1.54) is 0 Å². The van der Waals surface area contributed by atoms with Gasteiger partial charge in [-0.25, -0.2) is 17.2 Å². The molecule has 122 valence electrons. The topological polar surface area (TPSA) is 74.7 Å². The van der Waals surface area contributed by atoms with E-state index in [0.29, 0.717) is 25.7 Å². The van der Waals surface area contributed by atoms with Gasteiger partial charge in [0.2, 0.25) is 10.0 Å². The van der Waals surface area contributed by atoms with Crippen LogP contribution in [0, 0.1) is 5.92 Å². The fraction of sp³-hybridized carbons (Fsp3) is 0.923. The van der Waals surface area contributed by atoms with Crippen molar-refractivity contribution in [2.24, 2.45) is 5.92 Å². The summed E-state index contributed by atoms with van der Waals surface area (Å²) in [6.45, 7) is 0.109. The number of aliphatic carboxylic acids is 1. The molecule has 1 saturated heterocycles. The van der Waals surface area contributed by atoms with Gasteiger partial charge in [-0.3, -0.25) is 4.79 Å². The lowest BCUT2D eigenvalue weighted by Crippen LogP contribution is -2.50. The van der Waals surface area contributed by atoms with Crippen LogP contribution in [0.5, 0.6) is 0 Å². The Morgan fingerprint density at radius 2 is 1.86 bits per heavy atom. The minimum Gasteiger partial charge on any atom is -0.480 e. The molecular formula is C13H21F2NO4S. The molecular weight excluding hydrogens is 304 g/mol. The molecule has 21 heavy (non-hydrogen) atoms. The minimum absolute atomic E-state index is 0.109. The molecule has 0 aromatic rings. The maximum absolute atomic E-state index is 13.8. The smallest absolute Gasteiger partial charge is 0.322 e. The predicted molar refractivity (Wildman–Crippen MR) is 72.7 cm³/mol. The Morgan fingerprint density at radius 1 is 1.19 bits per heavy atom. The number of sulfonamides is 1. The summed E-state index contributed by atoms with van der Waals surface area (Å²) in [5.74, 6) is -6.02. The van der Waals surface area contributed by atoms with E-state index >= 15 is 0 Å². The highest BCUT2D eigenvalue weighted by molar-refractivity contribution is 7.89. The van der Waals surface area contributed by atoms with E-state index in [1.807, 2.05) is 0 Å². The van der Waals surface area contributed by atoms with Crippen LogP contribution in [-0.4, -0.2) is 48.1 Å². The molecule has 2 atom stereocenters. The predicted octanol–water partition coefficient (Wildman–Crippen LogP) is 2.08. The Kier molecular flexibility index (Phi) is 4.87. The first-order valence-corrected chi connectivity index (χ1v) is 8.95. The van der Waals surface area contributed by atoms with Crippen molar-refractivity contribution in [1.82, 2.24) is 4.31 Å². The van der Waals surface area contributed by atoms with Gasteiger partial charge < -0.3 is 5.11 Å². The van der Waals surface area contributed by atoms with E-state index in [0.717, 1.165) is 4.31 Å². The number of rotatable bonds is 4. The van der Waals surface area contributed by atoms with Crippen molar-refractivity contribution >= 4 is 16.0 Å². The Bertz CT molecular complexity index is 494. The molecule has 0 aromatic carbocycles. The molecule has 0 amide bonds. The number of nitrogens with zero attached hydrogens (tertiary/aromatic N) is 1. The van der Waals surface area contributed by atoms with Gasteiger partial charge in [-0.2, -0.15) is 4.31 Å². The van der Waals surface area contributed by atoms with Crippen LogP contribution >= 0.6 is 0 Å². The van der Waals surface area contributed by atoms with E-state index in [-0.39, 0.29) is 25.8 Å². The van der Waals surface area contributed by atoms with Crippen LogP contribution in [-0.2, 0) is 14.8 Å². The van der Waals surface area contributed by atoms with Crippen LogP contribution in [0.2, 0.25) is 0 Å². The van der Waals surface area contributed by atoms with E-state index < -0.39 is 39.6 Å². The zero-order valence-corrected chi connectivity index (χ0v) is 12.6. The molecule has 1 aliphatic heterocycles. The van der Waals surface area contributed by atoms with Gasteiger partial charge in [-0.05, 0) is 32.1 Å². The first-order chi connectivity index (χ1) is 9.74. The molecule has 5 nitrogen and oxygen atoms in total. The van der Waals surface area contributed by atoms with Crippen molar-refractivity contribution in [2.75, 3.05) is 12.3 Å². The van der Waals surface area contributed by atoms with Gasteiger partial charge in [0.1, 0.15) is 6.04 Å². The number of hydrogen-bond acceptors (Lipinski definition) is 3. The molecule has 1 aliphatic carbocycles. The van der Waals surface area contributed by atoms with Gasteiger partial charge >= 0.3 is 5.97 Å². The van der Waals surface area contributed by atoms with Crippen LogP contribution in [0.4, 0.5) is 8.78 Å². The first kappa shape index (κ1) is 16.6. The summed E-state index contributed by atoms with van der Waals surface area (Å²) in [5.41, 5.74) is 0. The summed E-state index contributed by atoms with van der Waals surface area (Å²) in [6, 6.07) is -1.11. The second kappa shape index (κ2) is 6.16. The minimum atomic E-state index is -3.98. The molecule has 0 bridgehead atoms. The molecule has 1 heterocycles. The van der Waals surface area contributed by atoms with Gasteiger partial charge in [0, 0.05) is 18.9 Å². The largest absolute Gasteiger partial charge is 0.480 e. The number of hydrogen-bond donors (Lipinski definition) is 1. The molecule has 2 rings (SSSR count). The van der Waals surface area contributed by atoms with E-state index in [4.69, 9.17) is 5.11 Å². The standard InChI is InChI=1S/C13H21F2NO4S/c14-13(15)7-3-1-5-10(13)9-21(19,20)16-8-4-2-6-11(16)12(17)18/h10-11H,1-9H2,(H,17,18). The molecule has 0 radical (unpaired) electrons. The van der Waals surface area contributed by atoms with Crippen LogP contribution < -0.4 is 0 Å². The van der Waals surface area contributed by atoms with Crippen molar-refractivity contribution < 1.29 is 27.1 Å². The van der Waals surface area contributed by atoms with Crippen molar-refractivity contribution in [3.05, 3.63) is 0 Å². The summed E-state index contributed by atoms with van der Waals surface area (Å²) in [6.07, 6.45) is 2.36. The zero-order chi connectivity index (χ0) is 15.7. The fourth-order valence-corrected chi connectivity index (χ4v) is 5.31. The third-order valence-corrected chi connectivity index (χ3v) is 6.39. The van der Waals surface area contributed by atoms with Gasteiger partial charge in [0.15, 0.2) is 0 Å². The van der Waals surface area contributed by atoms with E-state index in [1.54, 1.807) is 0 Å². The fourth-order valence-electron chi connectivity index (χ4n) is 3.21. The van der Waals surface area contributed by atoms with Crippen molar-refractivity contribution in [2.45, 2.75) is 56.9 Å². The highest BCUT2D eigenvalue weighted by Gasteiger charge is 2.46. The van der Waals surface area contributed by atoms with Crippen molar-refractivity contribution in [1.29, 1.82) is 0 Å². The maximum Gasteiger partial charge on any atom is 0.322 e. The lowest BCUT2D eigenvalue weighted by molar-refractivity contribution is -0.142. The zero-order valence-electron chi connectivity index (χ0n) is 11.8. The molecule has 2 unspecified atom stereocenters. The molecule has 2 aliphatic rings. The number of carbonyl (C=O) groups is 1. The van der Waals surface area contributed by atoms with Gasteiger partial charge in [0.05, 0.1) is 5.75 Å². The quantitative estimate of drug-likeness (QED) is 0.859. The molecule has 1 N–H and O–H groups in total. The second-order valence-electron chi connectivity index (χ2n) is 5.94. The summed E-state index contributed by atoms with van der Waals surface area (Å²) < 4.78 is 53.3. The average molecular weight is 325 g/mol. The monoisotopic (exact) mass is 325 g/mol. The average Bonchev–Trinajstić information content (AvgIpc) is 2.41. The lowest BCUT2D eigenvalue weighted by atomic mass is 9.87. The molecule has 1 saturated carbocycles. The number of halogens is 2. The molecule has 8 heteroatoms. The summed E-state index contributed by atoms with van der Waals surface area (Å²) >= 11 is 0. The highest BCUT2D eigenvalue weighted by atomic mass is 32.2. The SMILES string of the molecule is O=C(O)C1CCCCN1S(=O)(=O)CC1CCCCC1(F)F. The number of carboxylic acid groups (broad SMARTS) is 1. The summed E-state index contributed by atoms with van der Waals surface area (Å²) in [7, 11) is -3.98. The normalized spacial score (nSPS) is 31.0. The summed E-state index contributed by atoms with van der Waals surface area (Å²) in [4.78, 5) is 11.2. The van der Waals surface area contributed by atoms with Crippen LogP contribution in [0.3, 0.4) is 0 Å². The highest BCUT2D eigenvalue weighted by Crippen LogP contribution is 2.39. The van der Waals surface area contributed by atoms with Crippen molar-refractivity contribution in [3.8, 4) is 0 Å². The van der Waals surface area contributed by atoms with Crippen LogP contribution in [0.25, 0.3) is 0 Å². The Morgan fingerprint density at radius 3 is 2.48 bits per heavy atom. The Hall–Kier alpha value is -0.760. The second-order valence-corrected chi connectivity index (χ2v) is 7.91. The van der Waals surface area contributed by atoms with E-state index in [2.05, 4.69) is 0 Å². The molecule has 0 spiro atoms. The number of piperidine rings is 1. The third kappa shape index (κ3) is 3.71. The Balaban J connectivity index is 2.14.